The zero-order valence-corrected chi connectivity index (χ0v) is 25.0. The van der Waals surface area contributed by atoms with E-state index in [9.17, 15) is 14.7 Å². The van der Waals surface area contributed by atoms with Crippen LogP contribution in [0.15, 0.2) is 18.2 Å². The van der Waals surface area contributed by atoms with Crippen molar-refractivity contribution >= 4 is 17.5 Å². The molecule has 1 aliphatic heterocycles. The number of likely N-dealkylation sites (N-methyl/N-ethyl adjacent to an activating group) is 1. The molecule has 0 aromatic heterocycles. The molecule has 1 aromatic rings. The van der Waals surface area contributed by atoms with Crippen molar-refractivity contribution in [2.75, 3.05) is 52.3 Å². The largest absolute Gasteiger partial charge is 0.490 e. The number of amides is 2. The normalized spacial score (nSPS) is 24.7. The summed E-state index contributed by atoms with van der Waals surface area (Å²) in [6.07, 6.45) is 7.83. The minimum Gasteiger partial charge on any atom is -0.490 e. The predicted molar refractivity (Wildman–Crippen MR) is 155 cm³/mol. The molecule has 1 saturated carbocycles. The van der Waals surface area contributed by atoms with Crippen LogP contribution in [0.5, 0.6) is 5.75 Å². The predicted octanol–water partition coefficient (Wildman–Crippen LogP) is 4.59. The van der Waals surface area contributed by atoms with Gasteiger partial charge >= 0.3 is 0 Å². The highest BCUT2D eigenvalue weighted by Crippen LogP contribution is 2.30. The van der Waals surface area contributed by atoms with E-state index in [1.807, 2.05) is 63.0 Å². The van der Waals surface area contributed by atoms with Gasteiger partial charge in [0, 0.05) is 58.4 Å². The average Bonchev–Trinajstić information content (AvgIpc) is 2.93. The van der Waals surface area contributed by atoms with Crippen LogP contribution in [-0.2, 0) is 9.53 Å². The van der Waals surface area contributed by atoms with Crippen molar-refractivity contribution in [2.45, 2.75) is 90.4 Å². The topological polar surface area (TPSA) is 82.6 Å². The first-order chi connectivity index (χ1) is 18.6. The Morgan fingerprint density at radius 1 is 1.08 bits per heavy atom. The fourth-order valence-electron chi connectivity index (χ4n) is 5.67. The molecule has 2 aliphatic rings. The molecule has 4 atom stereocenters. The van der Waals surface area contributed by atoms with Gasteiger partial charge in [0.2, 0.25) is 5.91 Å². The third-order valence-corrected chi connectivity index (χ3v) is 8.34. The first kappa shape index (κ1) is 31.2. The van der Waals surface area contributed by atoms with Gasteiger partial charge in [0.25, 0.3) is 5.91 Å². The van der Waals surface area contributed by atoms with Crippen molar-refractivity contribution in [1.82, 2.24) is 9.80 Å². The molecule has 0 bridgehead atoms. The third-order valence-electron chi connectivity index (χ3n) is 8.34. The molecule has 0 saturated heterocycles. The summed E-state index contributed by atoms with van der Waals surface area (Å²) in [6, 6.07) is 5.34. The molecule has 8 nitrogen and oxygen atoms in total. The molecule has 1 aromatic carbocycles. The van der Waals surface area contributed by atoms with Gasteiger partial charge in [-0.2, -0.15) is 0 Å². The van der Waals surface area contributed by atoms with E-state index >= 15 is 0 Å². The third kappa shape index (κ3) is 8.58. The molecule has 0 radical (unpaired) electrons. The summed E-state index contributed by atoms with van der Waals surface area (Å²) in [5, 5.41) is 10.1. The van der Waals surface area contributed by atoms with Crippen LogP contribution in [0.25, 0.3) is 0 Å². The summed E-state index contributed by atoms with van der Waals surface area (Å²) < 4.78 is 12.7. The van der Waals surface area contributed by atoms with Gasteiger partial charge in [-0.1, -0.05) is 26.2 Å². The smallest absolute Gasteiger partial charge is 0.258 e. The molecule has 39 heavy (non-hydrogen) atoms. The lowest BCUT2D eigenvalue weighted by Crippen LogP contribution is -2.48. The second-order valence-corrected chi connectivity index (χ2v) is 11.9. The molecule has 2 amide bonds. The van der Waals surface area contributed by atoms with E-state index in [1.54, 1.807) is 4.90 Å². The Morgan fingerprint density at radius 2 is 1.77 bits per heavy atom. The van der Waals surface area contributed by atoms with E-state index in [4.69, 9.17) is 9.47 Å². The summed E-state index contributed by atoms with van der Waals surface area (Å²) >= 11 is 0. The Kier molecular flexibility index (Phi) is 11.9. The number of aliphatic hydroxyl groups is 1. The van der Waals surface area contributed by atoms with Crippen molar-refractivity contribution in [3.8, 4) is 5.75 Å². The number of fused-ring (bicyclic) bond motifs is 1. The van der Waals surface area contributed by atoms with Crippen LogP contribution in [0, 0.1) is 11.8 Å². The number of benzene rings is 1. The number of anilines is 1. The number of aliphatic hydroxyl groups excluding tert-OH is 1. The molecule has 0 spiro atoms. The summed E-state index contributed by atoms with van der Waals surface area (Å²) in [6.45, 7) is 7.32. The number of ether oxygens (including phenoxy) is 2. The number of hydrogen-bond acceptors (Lipinski definition) is 6. The van der Waals surface area contributed by atoms with Crippen LogP contribution in [-0.4, -0.2) is 92.4 Å². The Bertz CT molecular complexity index is 933. The fraction of sp³-hybridized carbons (Fsp3) is 0.742. The maximum atomic E-state index is 14.1. The number of rotatable bonds is 6. The lowest BCUT2D eigenvalue weighted by molar-refractivity contribution is -0.137. The monoisotopic (exact) mass is 545 g/mol. The zero-order valence-electron chi connectivity index (χ0n) is 25.0. The lowest BCUT2D eigenvalue weighted by Gasteiger charge is -2.36. The van der Waals surface area contributed by atoms with Gasteiger partial charge < -0.3 is 29.3 Å². The number of carbonyl (C=O) groups excluding carboxylic acids is 2. The van der Waals surface area contributed by atoms with E-state index in [0.29, 0.717) is 31.0 Å². The van der Waals surface area contributed by atoms with Gasteiger partial charge in [-0.25, -0.2) is 0 Å². The van der Waals surface area contributed by atoms with Gasteiger partial charge in [0.15, 0.2) is 0 Å². The van der Waals surface area contributed by atoms with E-state index in [0.717, 1.165) is 50.6 Å². The van der Waals surface area contributed by atoms with E-state index in [-0.39, 0.29) is 48.5 Å². The zero-order chi connectivity index (χ0) is 28.5. The van der Waals surface area contributed by atoms with Crippen LogP contribution in [0.3, 0.4) is 0 Å². The quantitative estimate of drug-likeness (QED) is 0.563. The van der Waals surface area contributed by atoms with E-state index < -0.39 is 0 Å². The highest BCUT2D eigenvalue weighted by molar-refractivity contribution is 5.98. The first-order valence-electron chi connectivity index (χ1n) is 14.9. The Hall–Kier alpha value is -2.32. The first-order valence-corrected chi connectivity index (χ1v) is 14.9. The van der Waals surface area contributed by atoms with Crippen LogP contribution in [0.4, 0.5) is 5.69 Å². The van der Waals surface area contributed by atoms with E-state index in [2.05, 4.69) is 6.92 Å². The maximum absolute atomic E-state index is 14.1. The van der Waals surface area contributed by atoms with Crippen LogP contribution >= 0.6 is 0 Å². The molecule has 0 unspecified atom stereocenters. The second kappa shape index (κ2) is 14.9. The number of nitrogens with zero attached hydrogens (tertiary/aromatic N) is 3. The highest BCUT2D eigenvalue weighted by Gasteiger charge is 2.32. The van der Waals surface area contributed by atoms with E-state index in [1.165, 1.54) is 6.42 Å². The minimum absolute atomic E-state index is 0.0483. The van der Waals surface area contributed by atoms with Crippen molar-refractivity contribution in [2.24, 2.45) is 11.8 Å². The summed E-state index contributed by atoms with van der Waals surface area (Å²) in [7, 11) is 5.78. The lowest BCUT2D eigenvalue weighted by atomic mass is 9.88. The van der Waals surface area contributed by atoms with Gasteiger partial charge in [0.05, 0.1) is 30.4 Å². The van der Waals surface area contributed by atoms with Crippen LogP contribution in [0.1, 0.15) is 82.5 Å². The van der Waals surface area contributed by atoms with Crippen molar-refractivity contribution in [3.63, 3.8) is 0 Å². The maximum Gasteiger partial charge on any atom is 0.258 e. The molecule has 3 rings (SSSR count). The molecule has 8 heteroatoms. The summed E-state index contributed by atoms with van der Waals surface area (Å²) in [4.78, 5) is 32.9. The molecule has 1 N–H and O–H groups in total. The average molecular weight is 546 g/mol. The molecular formula is C31H51N3O5. The number of hydrogen-bond donors (Lipinski definition) is 1. The van der Waals surface area contributed by atoms with Crippen molar-refractivity contribution in [3.05, 3.63) is 23.8 Å². The molecule has 1 heterocycles. The van der Waals surface area contributed by atoms with Gasteiger partial charge in [-0.15, -0.1) is 0 Å². The Labute approximate surface area is 235 Å². The van der Waals surface area contributed by atoms with Crippen molar-refractivity contribution < 1.29 is 24.2 Å². The SMILES string of the molecule is C[C@@H]1CCCCO[C@H](CN(C)C(=O)C2CCCCC2)[C@@H](C)CN([C@H](C)CO)C(=O)c2cc(N(C)C)ccc2O1. The summed E-state index contributed by atoms with van der Waals surface area (Å²) in [5.74, 6) is 0.666. The van der Waals surface area contributed by atoms with Gasteiger partial charge in [-0.3, -0.25) is 9.59 Å². The molecule has 1 fully saturated rings. The molecular weight excluding hydrogens is 494 g/mol. The molecule has 1 aliphatic carbocycles. The number of carbonyl (C=O) groups is 2. The summed E-state index contributed by atoms with van der Waals surface area (Å²) in [5.41, 5.74) is 1.41. The van der Waals surface area contributed by atoms with Gasteiger partial charge in [-0.05, 0) is 64.2 Å². The standard InChI is InChI=1S/C31H51N3O5/c1-22-19-34(23(2)21-35)31(37)27-18-26(32(4)5)15-16-28(27)39-24(3)12-10-11-17-38-29(22)20-33(6)30(36)25-13-8-7-9-14-25/h15-16,18,22-25,29,35H,7-14,17,19-21H2,1-6H3/t22-,23+,24+,29+/m0/s1. The van der Waals surface area contributed by atoms with Crippen LogP contribution in [0.2, 0.25) is 0 Å². The highest BCUT2D eigenvalue weighted by atomic mass is 16.5. The Morgan fingerprint density at radius 3 is 2.44 bits per heavy atom. The van der Waals surface area contributed by atoms with Crippen LogP contribution < -0.4 is 9.64 Å². The van der Waals surface area contributed by atoms with Crippen molar-refractivity contribution in [1.29, 1.82) is 0 Å². The molecule has 220 valence electrons. The fourth-order valence-corrected chi connectivity index (χ4v) is 5.67. The Balaban J connectivity index is 1.89. The van der Waals surface area contributed by atoms with Gasteiger partial charge in [0.1, 0.15) is 5.75 Å². The minimum atomic E-state index is -0.386. The second-order valence-electron chi connectivity index (χ2n) is 11.9.